The van der Waals surface area contributed by atoms with Crippen molar-refractivity contribution in [2.75, 3.05) is 0 Å². The first kappa shape index (κ1) is 6.84. The van der Waals surface area contributed by atoms with Gasteiger partial charge < -0.3 is 0 Å². The highest BCUT2D eigenvalue weighted by Gasteiger charge is 2.02. The average molecular weight is 162 g/mol. The van der Waals surface area contributed by atoms with E-state index < -0.39 is 0 Å². The zero-order chi connectivity index (χ0) is 8.55. The second kappa shape index (κ2) is 2.34. The number of carbonyl (C=O) groups is 1. The van der Waals surface area contributed by atoms with Gasteiger partial charge in [-0.05, 0) is 12.1 Å². The lowest BCUT2D eigenvalue weighted by atomic mass is 10.2. The highest BCUT2D eigenvalue weighted by atomic mass is 16.2. The Bertz CT molecular complexity index is 481. The average Bonchev–Trinajstić information content (AvgIpc) is 2.44. The van der Waals surface area contributed by atoms with E-state index in [9.17, 15) is 9.59 Å². The van der Waals surface area contributed by atoms with Gasteiger partial charge in [0, 0.05) is 0 Å². The van der Waals surface area contributed by atoms with Gasteiger partial charge in [-0.1, -0.05) is 12.1 Å². The Morgan fingerprint density at radius 2 is 2.08 bits per heavy atom. The standard InChI is InChI=1S/C8H6N2O2/c11-5-10-7-4-2-1-3-6(7)8(12)9-10/h1-5H,(H,9,12). The third-order valence-electron chi connectivity index (χ3n) is 1.74. The summed E-state index contributed by atoms with van der Waals surface area (Å²) in [6, 6.07) is 6.91. The summed E-state index contributed by atoms with van der Waals surface area (Å²) in [6.45, 7) is 0. The Morgan fingerprint density at radius 3 is 2.83 bits per heavy atom. The van der Waals surface area contributed by atoms with Crippen molar-refractivity contribution in [1.82, 2.24) is 9.78 Å². The molecule has 1 N–H and O–H groups in total. The number of H-pyrrole nitrogens is 1. The molecule has 0 unspecified atom stereocenters. The van der Waals surface area contributed by atoms with Crippen LogP contribution in [0.4, 0.5) is 0 Å². The van der Waals surface area contributed by atoms with Crippen LogP contribution >= 0.6 is 0 Å². The van der Waals surface area contributed by atoms with Gasteiger partial charge in [-0.15, -0.1) is 0 Å². The molecule has 1 aromatic heterocycles. The Labute approximate surface area is 67.4 Å². The van der Waals surface area contributed by atoms with E-state index in [-0.39, 0.29) is 5.56 Å². The molecule has 2 rings (SSSR count). The first-order valence-corrected chi connectivity index (χ1v) is 3.47. The Balaban J connectivity index is 3.00. The Kier molecular flexibility index (Phi) is 1.33. The highest BCUT2D eigenvalue weighted by Crippen LogP contribution is 2.05. The first-order valence-electron chi connectivity index (χ1n) is 3.47. The minimum atomic E-state index is -0.238. The van der Waals surface area contributed by atoms with Crippen LogP contribution in [0.15, 0.2) is 29.1 Å². The fourth-order valence-electron chi connectivity index (χ4n) is 1.19. The molecule has 0 aliphatic heterocycles. The van der Waals surface area contributed by atoms with Gasteiger partial charge in [-0.3, -0.25) is 14.7 Å². The fraction of sp³-hybridized carbons (Fsp3) is 0. The van der Waals surface area contributed by atoms with Crippen molar-refractivity contribution in [2.45, 2.75) is 0 Å². The number of rotatable bonds is 1. The van der Waals surface area contributed by atoms with Gasteiger partial charge >= 0.3 is 0 Å². The molecule has 0 saturated carbocycles. The zero-order valence-corrected chi connectivity index (χ0v) is 6.15. The largest absolute Gasteiger partial charge is 0.276 e. The number of benzene rings is 1. The molecular formula is C8H6N2O2. The van der Waals surface area contributed by atoms with Gasteiger partial charge in [0.2, 0.25) is 6.41 Å². The third-order valence-corrected chi connectivity index (χ3v) is 1.74. The van der Waals surface area contributed by atoms with Crippen molar-refractivity contribution >= 4 is 17.3 Å². The second-order valence-electron chi connectivity index (χ2n) is 2.43. The van der Waals surface area contributed by atoms with Crippen LogP contribution in [0.3, 0.4) is 0 Å². The second-order valence-corrected chi connectivity index (χ2v) is 2.43. The monoisotopic (exact) mass is 162 g/mol. The maximum atomic E-state index is 11.1. The molecule has 0 atom stereocenters. The zero-order valence-electron chi connectivity index (χ0n) is 6.15. The summed E-state index contributed by atoms with van der Waals surface area (Å²) in [4.78, 5) is 21.5. The molecule has 0 aliphatic rings. The van der Waals surface area contributed by atoms with Crippen LogP contribution in [-0.4, -0.2) is 16.2 Å². The van der Waals surface area contributed by atoms with Crippen LogP contribution in [0, 0.1) is 0 Å². The van der Waals surface area contributed by atoms with E-state index in [1.165, 1.54) is 0 Å². The topological polar surface area (TPSA) is 54.9 Å². The van der Waals surface area contributed by atoms with E-state index in [1.54, 1.807) is 24.3 Å². The number of carbonyl (C=O) groups excluding carboxylic acids is 1. The van der Waals surface area contributed by atoms with Crippen LogP contribution in [-0.2, 0) is 4.79 Å². The SMILES string of the molecule is O=Cn1[nH]c(=O)c2ccccc21. The highest BCUT2D eigenvalue weighted by molar-refractivity contribution is 5.83. The number of hydrogen-bond acceptors (Lipinski definition) is 2. The Morgan fingerprint density at radius 1 is 1.33 bits per heavy atom. The van der Waals surface area contributed by atoms with E-state index in [1.807, 2.05) is 0 Å². The molecule has 12 heavy (non-hydrogen) atoms. The lowest BCUT2D eigenvalue weighted by Gasteiger charge is -1.89. The summed E-state index contributed by atoms with van der Waals surface area (Å²) >= 11 is 0. The molecule has 60 valence electrons. The lowest BCUT2D eigenvalue weighted by Crippen LogP contribution is -2.03. The molecule has 2 aromatic rings. The van der Waals surface area contributed by atoms with Gasteiger partial charge in [-0.25, -0.2) is 4.68 Å². The van der Waals surface area contributed by atoms with Crippen molar-refractivity contribution in [3.8, 4) is 0 Å². The number of nitrogens with zero attached hydrogens (tertiary/aromatic N) is 1. The normalized spacial score (nSPS) is 10.3. The van der Waals surface area contributed by atoms with Crippen LogP contribution in [0.5, 0.6) is 0 Å². The van der Waals surface area contributed by atoms with Gasteiger partial charge in [0.05, 0.1) is 10.9 Å². The number of para-hydroxylation sites is 1. The lowest BCUT2D eigenvalue weighted by molar-refractivity contribution is 0.542. The predicted molar refractivity (Wildman–Crippen MR) is 44.7 cm³/mol. The number of aromatic amines is 1. The van der Waals surface area contributed by atoms with Gasteiger partial charge in [0.15, 0.2) is 0 Å². The number of nitrogens with one attached hydrogen (secondary N) is 1. The molecule has 0 aliphatic carbocycles. The third kappa shape index (κ3) is 0.780. The smallest absolute Gasteiger partial charge is 0.272 e. The molecule has 4 nitrogen and oxygen atoms in total. The van der Waals surface area contributed by atoms with E-state index in [2.05, 4.69) is 5.10 Å². The molecule has 0 fully saturated rings. The van der Waals surface area contributed by atoms with Crippen LogP contribution in [0.1, 0.15) is 0 Å². The summed E-state index contributed by atoms with van der Waals surface area (Å²) in [7, 11) is 0. The summed E-state index contributed by atoms with van der Waals surface area (Å²) in [5.41, 5.74) is 0.371. The molecule has 0 bridgehead atoms. The van der Waals surface area contributed by atoms with Crippen LogP contribution in [0.2, 0.25) is 0 Å². The summed E-state index contributed by atoms with van der Waals surface area (Å²) < 4.78 is 1.16. The van der Waals surface area contributed by atoms with Crippen molar-refractivity contribution in [1.29, 1.82) is 0 Å². The summed E-state index contributed by atoms with van der Waals surface area (Å²) in [6.07, 6.45) is 0.573. The van der Waals surface area contributed by atoms with Crippen LogP contribution in [0.25, 0.3) is 10.9 Å². The van der Waals surface area contributed by atoms with Gasteiger partial charge in [0.1, 0.15) is 0 Å². The minimum absolute atomic E-state index is 0.238. The molecule has 1 heterocycles. The molecule has 1 aromatic carbocycles. The van der Waals surface area contributed by atoms with Gasteiger partial charge in [-0.2, -0.15) is 0 Å². The minimum Gasteiger partial charge on any atom is -0.276 e. The quantitative estimate of drug-likeness (QED) is 0.616. The predicted octanol–water partition coefficient (Wildman–Crippen LogP) is 0.368. The molecule has 4 heteroatoms. The van der Waals surface area contributed by atoms with Crippen molar-refractivity contribution in [3.05, 3.63) is 34.6 Å². The Hall–Kier alpha value is -1.84. The van der Waals surface area contributed by atoms with E-state index in [4.69, 9.17) is 0 Å². The molecule has 0 saturated heterocycles. The maximum absolute atomic E-state index is 11.1. The van der Waals surface area contributed by atoms with Crippen molar-refractivity contribution in [2.24, 2.45) is 0 Å². The van der Waals surface area contributed by atoms with E-state index in [0.717, 1.165) is 4.68 Å². The van der Waals surface area contributed by atoms with E-state index in [0.29, 0.717) is 17.3 Å². The first-order chi connectivity index (χ1) is 5.83. The summed E-state index contributed by atoms with van der Waals surface area (Å²) in [5.74, 6) is 0. The van der Waals surface area contributed by atoms with Crippen molar-refractivity contribution < 1.29 is 4.79 Å². The number of fused-ring (bicyclic) bond motifs is 1. The number of hydrogen-bond donors (Lipinski definition) is 1. The fourth-order valence-corrected chi connectivity index (χ4v) is 1.19. The maximum Gasteiger partial charge on any atom is 0.272 e. The molecular weight excluding hydrogens is 156 g/mol. The van der Waals surface area contributed by atoms with Gasteiger partial charge in [0.25, 0.3) is 5.56 Å². The molecule has 0 spiro atoms. The molecule has 0 radical (unpaired) electrons. The van der Waals surface area contributed by atoms with Crippen molar-refractivity contribution in [3.63, 3.8) is 0 Å². The number of aromatic nitrogens is 2. The van der Waals surface area contributed by atoms with E-state index >= 15 is 0 Å². The van der Waals surface area contributed by atoms with Crippen LogP contribution < -0.4 is 5.56 Å². The summed E-state index contributed by atoms with van der Waals surface area (Å²) in [5, 5.41) is 2.93. The molecule has 0 amide bonds.